The molecule has 6 heteroatoms. The van der Waals surface area contributed by atoms with E-state index in [9.17, 15) is 4.79 Å². The number of ether oxygens (including phenoxy) is 1. The molecule has 0 aromatic carbocycles. The highest BCUT2D eigenvalue weighted by Gasteiger charge is 2.15. The normalized spacial score (nSPS) is 14.2. The summed E-state index contributed by atoms with van der Waals surface area (Å²) in [5.74, 6) is 1.54. The molecule has 0 fully saturated rings. The second-order valence-corrected chi connectivity index (χ2v) is 7.69. The summed E-state index contributed by atoms with van der Waals surface area (Å²) in [7, 11) is 0. The van der Waals surface area contributed by atoms with Crippen LogP contribution in [0.5, 0.6) is 0 Å². The lowest BCUT2D eigenvalue weighted by Crippen LogP contribution is -2.13. The maximum absolute atomic E-state index is 12.0. The number of fused-ring (bicyclic) bond motifs is 1. The van der Waals surface area contributed by atoms with Gasteiger partial charge in [0.15, 0.2) is 0 Å². The van der Waals surface area contributed by atoms with Crippen LogP contribution < -0.4 is 5.32 Å². The maximum atomic E-state index is 12.0. The first-order chi connectivity index (χ1) is 14.7. The second-order valence-electron chi connectivity index (χ2n) is 7.69. The Bertz CT molecular complexity index is 849. The number of rotatable bonds is 10. The van der Waals surface area contributed by atoms with Crippen molar-refractivity contribution in [2.24, 2.45) is 0 Å². The number of anilines is 1. The lowest BCUT2D eigenvalue weighted by molar-refractivity contribution is -0.143. The van der Waals surface area contributed by atoms with Crippen LogP contribution in [0.3, 0.4) is 0 Å². The highest BCUT2D eigenvalue weighted by atomic mass is 16.5. The van der Waals surface area contributed by atoms with Gasteiger partial charge in [-0.2, -0.15) is 0 Å². The van der Waals surface area contributed by atoms with E-state index in [4.69, 9.17) is 9.72 Å². The van der Waals surface area contributed by atoms with Crippen LogP contribution >= 0.6 is 0 Å². The van der Waals surface area contributed by atoms with Gasteiger partial charge in [-0.1, -0.05) is 18.2 Å². The van der Waals surface area contributed by atoms with Gasteiger partial charge < -0.3 is 10.1 Å². The Balaban J connectivity index is 1.48. The van der Waals surface area contributed by atoms with Gasteiger partial charge >= 0.3 is 5.97 Å². The second kappa shape index (κ2) is 11.4. The Kier molecular flexibility index (Phi) is 8.36. The first-order valence-corrected chi connectivity index (χ1v) is 11.0. The number of aryl methyl sites for hydroxylation is 3. The van der Waals surface area contributed by atoms with E-state index in [0.717, 1.165) is 61.5 Å². The molecule has 2 aromatic heterocycles. The van der Waals surface area contributed by atoms with Gasteiger partial charge in [0.1, 0.15) is 11.6 Å². The van der Waals surface area contributed by atoms with E-state index in [1.165, 1.54) is 12.0 Å². The summed E-state index contributed by atoms with van der Waals surface area (Å²) < 4.78 is 5.13. The molecular formula is C24H32N4O2. The smallest absolute Gasteiger partial charge is 0.306 e. The molecule has 0 bridgehead atoms. The van der Waals surface area contributed by atoms with Crippen LogP contribution in [0.25, 0.3) is 0 Å². The van der Waals surface area contributed by atoms with Crippen LogP contribution in [0.4, 0.5) is 5.82 Å². The standard InChI is InChI=1S/C24H32N4O2/c1-3-30-23(29)15-20(21-16-26-18(2)27-17-21)9-6-4-5-7-11-22-13-12-19-10-8-14-25-24(19)28-22/h6,9,12-13,16-17,20H,3-5,7-8,10-11,14-15H2,1-2H3,(H,25,28)/t20-/m0/s1. The molecule has 160 valence electrons. The molecule has 6 nitrogen and oxygen atoms in total. The zero-order chi connectivity index (χ0) is 21.2. The summed E-state index contributed by atoms with van der Waals surface area (Å²) in [6.07, 6.45) is 14.6. The largest absolute Gasteiger partial charge is 0.466 e. The van der Waals surface area contributed by atoms with E-state index in [1.54, 1.807) is 12.4 Å². The fourth-order valence-electron chi connectivity index (χ4n) is 3.63. The molecule has 0 saturated heterocycles. The molecule has 1 aliphatic rings. The highest BCUT2D eigenvalue weighted by molar-refractivity contribution is 5.71. The van der Waals surface area contributed by atoms with Gasteiger partial charge in [-0.15, -0.1) is 0 Å². The van der Waals surface area contributed by atoms with Crippen LogP contribution in [0, 0.1) is 6.92 Å². The van der Waals surface area contributed by atoms with Crippen molar-refractivity contribution >= 4 is 11.8 Å². The fraction of sp³-hybridized carbons (Fsp3) is 0.500. The Morgan fingerprint density at radius 2 is 2.10 bits per heavy atom. The molecule has 0 aliphatic carbocycles. The lowest BCUT2D eigenvalue weighted by Gasteiger charge is -2.17. The van der Waals surface area contributed by atoms with Gasteiger partial charge in [0.05, 0.1) is 13.0 Å². The molecule has 1 aliphatic heterocycles. The molecule has 0 unspecified atom stereocenters. The first kappa shape index (κ1) is 21.9. The monoisotopic (exact) mass is 408 g/mol. The zero-order valence-electron chi connectivity index (χ0n) is 18.1. The summed E-state index contributed by atoms with van der Waals surface area (Å²) in [6.45, 7) is 5.10. The van der Waals surface area contributed by atoms with Crippen LogP contribution in [-0.4, -0.2) is 34.1 Å². The number of allylic oxidation sites excluding steroid dienone is 2. The number of nitrogens with one attached hydrogen (secondary N) is 1. The summed E-state index contributed by atoms with van der Waals surface area (Å²) >= 11 is 0. The maximum Gasteiger partial charge on any atom is 0.306 e. The first-order valence-electron chi connectivity index (χ1n) is 11.0. The van der Waals surface area contributed by atoms with E-state index < -0.39 is 0 Å². The molecule has 2 aromatic rings. The minimum Gasteiger partial charge on any atom is -0.466 e. The van der Waals surface area contributed by atoms with Crippen molar-refractivity contribution in [1.29, 1.82) is 0 Å². The van der Waals surface area contributed by atoms with Gasteiger partial charge in [0.2, 0.25) is 0 Å². The number of unbranched alkanes of at least 4 members (excludes halogenated alkanes) is 2. The zero-order valence-corrected chi connectivity index (χ0v) is 18.1. The van der Waals surface area contributed by atoms with Crippen molar-refractivity contribution in [2.75, 3.05) is 18.5 Å². The molecule has 0 saturated carbocycles. The number of hydrogen-bond acceptors (Lipinski definition) is 6. The molecule has 0 spiro atoms. The quantitative estimate of drug-likeness (QED) is 0.353. The number of carbonyl (C=O) groups is 1. The average molecular weight is 409 g/mol. The molecule has 0 radical (unpaired) electrons. The Morgan fingerprint density at radius 3 is 2.90 bits per heavy atom. The van der Waals surface area contributed by atoms with Crippen LogP contribution in [0.15, 0.2) is 36.7 Å². The van der Waals surface area contributed by atoms with E-state index in [1.807, 2.05) is 13.8 Å². The average Bonchev–Trinajstić information content (AvgIpc) is 2.76. The molecule has 1 N–H and O–H groups in total. The molecule has 3 heterocycles. The Labute approximate surface area is 179 Å². The van der Waals surface area contributed by atoms with Crippen molar-refractivity contribution in [1.82, 2.24) is 15.0 Å². The van der Waals surface area contributed by atoms with E-state index in [0.29, 0.717) is 13.0 Å². The molecule has 3 rings (SSSR count). The van der Waals surface area contributed by atoms with Gasteiger partial charge in [-0.25, -0.2) is 15.0 Å². The summed E-state index contributed by atoms with van der Waals surface area (Å²) in [5.41, 5.74) is 3.43. The predicted molar refractivity (Wildman–Crippen MR) is 119 cm³/mol. The third-order valence-electron chi connectivity index (χ3n) is 5.29. The topological polar surface area (TPSA) is 77.0 Å². The van der Waals surface area contributed by atoms with Gasteiger partial charge in [-0.3, -0.25) is 4.79 Å². The predicted octanol–water partition coefficient (Wildman–Crippen LogP) is 4.54. The van der Waals surface area contributed by atoms with Crippen LogP contribution in [0.1, 0.15) is 67.6 Å². The van der Waals surface area contributed by atoms with Crippen molar-refractivity contribution in [3.63, 3.8) is 0 Å². The highest BCUT2D eigenvalue weighted by Crippen LogP contribution is 2.22. The van der Waals surface area contributed by atoms with Crippen molar-refractivity contribution in [3.05, 3.63) is 59.3 Å². The molecule has 0 amide bonds. The third-order valence-corrected chi connectivity index (χ3v) is 5.29. The number of esters is 1. The number of nitrogens with zero attached hydrogens (tertiary/aromatic N) is 3. The van der Waals surface area contributed by atoms with Gasteiger partial charge in [0.25, 0.3) is 0 Å². The number of aromatic nitrogens is 3. The fourth-order valence-corrected chi connectivity index (χ4v) is 3.63. The third kappa shape index (κ3) is 6.65. The summed E-state index contributed by atoms with van der Waals surface area (Å²) in [4.78, 5) is 25.3. The minimum absolute atomic E-state index is 0.0574. The van der Waals surface area contributed by atoms with Crippen LogP contribution in [0.2, 0.25) is 0 Å². The lowest BCUT2D eigenvalue weighted by atomic mass is 9.97. The SMILES string of the molecule is CCOC(=O)C[C@H](C=CCCCCc1ccc2c(n1)NCCC2)c1cnc(C)nc1. The minimum atomic E-state index is -0.195. The van der Waals surface area contributed by atoms with Gasteiger partial charge in [0, 0.05) is 30.6 Å². The van der Waals surface area contributed by atoms with E-state index in [-0.39, 0.29) is 11.9 Å². The number of carbonyl (C=O) groups excluding carboxylic acids is 1. The van der Waals surface area contributed by atoms with Gasteiger partial charge in [-0.05, 0) is 69.6 Å². The van der Waals surface area contributed by atoms with Crippen LogP contribution in [-0.2, 0) is 22.4 Å². The van der Waals surface area contributed by atoms with Crippen molar-refractivity contribution in [2.45, 2.75) is 64.7 Å². The number of hydrogen-bond donors (Lipinski definition) is 1. The molecule has 1 atom stereocenters. The van der Waals surface area contributed by atoms with E-state index in [2.05, 4.69) is 39.6 Å². The van der Waals surface area contributed by atoms with E-state index >= 15 is 0 Å². The van der Waals surface area contributed by atoms with Crippen molar-refractivity contribution in [3.8, 4) is 0 Å². The van der Waals surface area contributed by atoms with Crippen molar-refractivity contribution < 1.29 is 9.53 Å². The molecule has 30 heavy (non-hydrogen) atoms. The molecular weight excluding hydrogens is 376 g/mol. The number of pyridine rings is 1. The Hall–Kier alpha value is -2.76. The Morgan fingerprint density at radius 1 is 1.27 bits per heavy atom. The summed E-state index contributed by atoms with van der Waals surface area (Å²) in [6, 6.07) is 4.38. The summed E-state index contributed by atoms with van der Waals surface area (Å²) in [5, 5.41) is 3.40.